The molecule has 1 fully saturated rings. The second-order valence-electron chi connectivity index (χ2n) is 7.71. The van der Waals surface area contributed by atoms with Crippen LogP contribution in [0.2, 0.25) is 0 Å². The number of sulfonamides is 1. The summed E-state index contributed by atoms with van der Waals surface area (Å²) in [6.07, 6.45) is 2.80. The summed E-state index contributed by atoms with van der Waals surface area (Å²) in [5.74, 6) is -0.195. The maximum atomic E-state index is 12.9. The molecule has 1 heterocycles. The Morgan fingerprint density at radius 3 is 2.23 bits per heavy atom. The molecule has 1 N–H and O–H groups in total. The van der Waals surface area contributed by atoms with Crippen LogP contribution in [-0.2, 0) is 33.4 Å². The molecule has 30 heavy (non-hydrogen) atoms. The summed E-state index contributed by atoms with van der Waals surface area (Å²) < 4.78 is 28.0. The van der Waals surface area contributed by atoms with E-state index in [2.05, 4.69) is 35.1 Å². The molecule has 1 amide bonds. The first-order chi connectivity index (χ1) is 14.3. The molecule has 1 aliphatic rings. The molecule has 2 aromatic carbocycles. The van der Waals surface area contributed by atoms with Gasteiger partial charge in [-0.25, -0.2) is 12.7 Å². The molecule has 7 heteroatoms. The molecule has 162 valence electrons. The topological polar surface area (TPSA) is 66.5 Å². The molecule has 0 saturated carbocycles. The SMILES string of the molecule is CCc1cccc(CC)c1NC(=O)C1CCN(S(=O)(=O)Cc2cccc(Br)c2)CC1. The second kappa shape index (κ2) is 10.1. The fraction of sp³-hybridized carbons (Fsp3) is 0.435. The lowest BCUT2D eigenvalue weighted by molar-refractivity contribution is -0.120. The standard InChI is InChI=1S/C23H29BrN2O3S/c1-3-18-8-6-9-19(4-2)22(18)25-23(27)20-11-13-26(14-12-20)30(28,29)16-17-7-5-10-21(24)15-17/h5-10,15,20H,3-4,11-14,16H2,1-2H3,(H,25,27). The van der Waals surface area contributed by atoms with Crippen LogP contribution in [0.5, 0.6) is 0 Å². The summed E-state index contributed by atoms with van der Waals surface area (Å²) in [6.45, 7) is 4.92. The smallest absolute Gasteiger partial charge is 0.227 e. The predicted molar refractivity (Wildman–Crippen MR) is 125 cm³/mol. The number of carbonyl (C=O) groups is 1. The van der Waals surface area contributed by atoms with E-state index in [9.17, 15) is 13.2 Å². The van der Waals surface area contributed by atoms with E-state index < -0.39 is 10.0 Å². The van der Waals surface area contributed by atoms with Crippen molar-refractivity contribution in [2.45, 2.75) is 45.3 Å². The van der Waals surface area contributed by atoms with Crippen LogP contribution >= 0.6 is 15.9 Å². The minimum atomic E-state index is -3.40. The van der Waals surface area contributed by atoms with Crippen LogP contribution in [-0.4, -0.2) is 31.7 Å². The molecule has 1 aliphatic heterocycles. The number of amides is 1. The van der Waals surface area contributed by atoms with E-state index >= 15 is 0 Å². The number of nitrogens with zero attached hydrogens (tertiary/aromatic N) is 1. The minimum absolute atomic E-state index is 0.00496. The zero-order chi connectivity index (χ0) is 21.7. The average Bonchev–Trinajstić information content (AvgIpc) is 2.73. The minimum Gasteiger partial charge on any atom is -0.325 e. The third-order valence-corrected chi connectivity index (χ3v) is 8.05. The third kappa shape index (κ3) is 5.50. The van der Waals surface area contributed by atoms with Crippen LogP contribution in [0, 0.1) is 5.92 Å². The van der Waals surface area contributed by atoms with Crippen LogP contribution in [0.3, 0.4) is 0 Å². The van der Waals surface area contributed by atoms with Crippen molar-refractivity contribution >= 4 is 37.5 Å². The number of hydrogen-bond donors (Lipinski definition) is 1. The van der Waals surface area contributed by atoms with Gasteiger partial charge in [-0.15, -0.1) is 0 Å². The van der Waals surface area contributed by atoms with E-state index in [1.54, 1.807) is 0 Å². The summed E-state index contributed by atoms with van der Waals surface area (Å²) in [4.78, 5) is 12.9. The lowest BCUT2D eigenvalue weighted by Gasteiger charge is -2.31. The zero-order valence-electron chi connectivity index (χ0n) is 17.5. The highest BCUT2D eigenvalue weighted by Crippen LogP contribution is 2.27. The van der Waals surface area contributed by atoms with Gasteiger partial charge in [-0.3, -0.25) is 4.79 Å². The number of benzene rings is 2. The Hall–Kier alpha value is -1.70. The average molecular weight is 493 g/mol. The van der Waals surface area contributed by atoms with Gasteiger partial charge in [-0.2, -0.15) is 0 Å². The van der Waals surface area contributed by atoms with Gasteiger partial charge in [0.15, 0.2) is 0 Å². The van der Waals surface area contributed by atoms with Gasteiger partial charge in [0.25, 0.3) is 0 Å². The van der Waals surface area contributed by atoms with Crippen molar-refractivity contribution < 1.29 is 13.2 Å². The largest absolute Gasteiger partial charge is 0.325 e. The first kappa shape index (κ1) is 23.0. The number of para-hydroxylation sites is 1. The maximum Gasteiger partial charge on any atom is 0.227 e. The fourth-order valence-corrected chi connectivity index (χ4v) is 5.95. The molecular formula is C23H29BrN2O3S. The summed E-state index contributed by atoms with van der Waals surface area (Å²) >= 11 is 3.38. The molecule has 0 aliphatic carbocycles. The highest BCUT2D eigenvalue weighted by molar-refractivity contribution is 9.10. The third-order valence-electron chi connectivity index (χ3n) is 5.70. The number of nitrogens with one attached hydrogen (secondary N) is 1. The summed E-state index contributed by atoms with van der Waals surface area (Å²) in [7, 11) is -3.40. The first-order valence-corrected chi connectivity index (χ1v) is 12.9. The Kier molecular flexibility index (Phi) is 7.71. The number of piperidine rings is 1. The Bertz CT molecular complexity index is 977. The van der Waals surface area contributed by atoms with Crippen LogP contribution in [0.25, 0.3) is 0 Å². The molecule has 0 atom stereocenters. The lowest BCUT2D eigenvalue weighted by Crippen LogP contribution is -2.42. The summed E-state index contributed by atoms with van der Waals surface area (Å²) in [6, 6.07) is 13.5. The van der Waals surface area contributed by atoms with Crippen LogP contribution < -0.4 is 5.32 Å². The molecule has 3 rings (SSSR count). The number of carbonyl (C=O) groups excluding carboxylic acids is 1. The number of aryl methyl sites for hydroxylation is 2. The van der Waals surface area contributed by atoms with Gasteiger partial charge in [0.1, 0.15) is 0 Å². The molecule has 0 spiro atoms. The van der Waals surface area contributed by atoms with Crippen molar-refractivity contribution in [3.8, 4) is 0 Å². The van der Waals surface area contributed by atoms with E-state index in [0.29, 0.717) is 25.9 Å². The maximum absolute atomic E-state index is 12.9. The number of anilines is 1. The van der Waals surface area contributed by atoms with E-state index in [0.717, 1.165) is 39.7 Å². The van der Waals surface area contributed by atoms with Gasteiger partial charge in [-0.05, 0) is 54.5 Å². The Morgan fingerprint density at radius 1 is 1.07 bits per heavy atom. The molecule has 2 aromatic rings. The van der Waals surface area contributed by atoms with Gasteiger partial charge in [0.05, 0.1) is 5.75 Å². The van der Waals surface area contributed by atoms with Crippen molar-refractivity contribution in [3.63, 3.8) is 0 Å². The van der Waals surface area contributed by atoms with Crippen molar-refractivity contribution in [2.75, 3.05) is 18.4 Å². The molecule has 1 saturated heterocycles. The highest BCUT2D eigenvalue weighted by Gasteiger charge is 2.31. The monoisotopic (exact) mass is 492 g/mol. The Balaban J connectivity index is 1.62. The van der Waals surface area contributed by atoms with Crippen molar-refractivity contribution in [2.24, 2.45) is 5.92 Å². The van der Waals surface area contributed by atoms with Crippen molar-refractivity contribution in [1.82, 2.24) is 4.31 Å². The molecule has 5 nitrogen and oxygen atoms in total. The molecule has 0 aromatic heterocycles. The number of rotatable bonds is 7. The van der Waals surface area contributed by atoms with Gasteiger partial charge < -0.3 is 5.32 Å². The lowest BCUT2D eigenvalue weighted by atomic mass is 9.96. The highest BCUT2D eigenvalue weighted by atomic mass is 79.9. The number of hydrogen-bond acceptors (Lipinski definition) is 3. The molecule has 0 bridgehead atoms. The van der Waals surface area contributed by atoms with Gasteiger partial charge in [-0.1, -0.05) is 60.1 Å². The Morgan fingerprint density at radius 2 is 1.67 bits per heavy atom. The van der Waals surface area contributed by atoms with Gasteiger partial charge in [0, 0.05) is 29.2 Å². The zero-order valence-corrected chi connectivity index (χ0v) is 19.9. The second-order valence-corrected chi connectivity index (χ2v) is 10.6. The predicted octanol–water partition coefficient (Wildman–Crippen LogP) is 4.75. The number of halogens is 1. The van der Waals surface area contributed by atoms with Crippen LogP contribution in [0.1, 0.15) is 43.4 Å². The van der Waals surface area contributed by atoms with Crippen molar-refractivity contribution in [3.05, 3.63) is 63.6 Å². The van der Waals surface area contributed by atoms with E-state index in [4.69, 9.17) is 0 Å². The van der Waals surface area contributed by atoms with Gasteiger partial charge in [0.2, 0.25) is 15.9 Å². The molecule has 0 radical (unpaired) electrons. The quantitative estimate of drug-likeness (QED) is 0.605. The van der Waals surface area contributed by atoms with Gasteiger partial charge >= 0.3 is 0 Å². The van der Waals surface area contributed by atoms with Crippen LogP contribution in [0.15, 0.2) is 46.9 Å². The summed E-state index contributed by atoms with van der Waals surface area (Å²) in [5, 5.41) is 3.14. The van der Waals surface area contributed by atoms with Crippen molar-refractivity contribution in [1.29, 1.82) is 0 Å². The fourth-order valence-electron chi connectivity index (χ4n) is 3.95. The van der Waals surface area contributed by atoms with Crippen LogP contribution in [0.4, 0.5) is 5.69 Å². The Labute approximate surface area is 188 Å². The molecular weight excluding hydrogens is 464 g/mol. The van der Waals surface area contributed by atoms with E-state index in [-0.39, 0.29) is 17.6 Å². The van der Waals surface area contributed by atoms with E-state index in [1.807, 2.05) is 42.5 Å². The summed E-state index contributed by atoms with van der Waals surface area (Å²) in [5.41, 5.74) is 3.96. The first-order valence-electron chi connectivity index (χ1n) is 10.5. The molecule has 0 unspecified atom stereocenters. The normalized spacial score (nSPS) is 15.8. The van der Waals surface area contributed by atoms with E-state index in [1.165, 1.54) is 4.31 Å².